The van der Waals surface area contributed by atoms with E-state index in [-0.39, 0.29) is 0 Å². The molecule has 0 bridgehead atoms. The third kappa shape index (κ3) is 3.16. The van der Waals surface area contributed by atoms with Gasteiger partial charge in [-0.05, 0) is 35.1 Å². The van der Waals surface area contributed by atoms with Crippen LogP contribution in [0.5, 0.6) is 0 Å². The van der Waals surface area contributed by atoms with Gasteiger partial charge in [0.05, 0.1) is 11.6 Å². The number of hydrogen-bond acceptors (Lipinski definition) is 3. The van der Waals surface area contributed by atoms with Crippen molar-refractivity contribution >= 4 is 24.1 Å². The van der Waals surface area contributed by atoms with E-state index in [9.17, 15) is 5.02 Å². The van der Waals surface area contributed by atoms with Crippen molar-refractivity contribution in [3.8, 4) is 6.07 Å². The Morgan fingerprint density at radius 3 is 2.44 bits per heavy atom. The number of rotatable bonds is 3. The lowest BCUT2D eigenvalue weighted by atomic mass is 9.85. The fourth-order valence-corrected chi connectivity index (χ4v) is 1.96. The van der Waals surface area contributed by atoms with Crippen molar-refractivity contribution in [2.45, 2.75) is 6.42 Å². The van der Waals surface area contributed by atoms with E-state index in [1.807, 2.05) is 48.5 Å². The monoisotopic (exact) mass is 253 g/mol. The van der Waals surface area contributed by atoms with Gasteiger partial charge in [-0.15, -0.1) is 0 Å². The minimum atomic E-state index is -0.745. The van der Waals surface area contributed by atoms with Crippen molar-refractivity contribution in [2.75, 3.05) is 0 Å². The molecule has 2 nitrogen and oxygen atoms in total. The van der Waals surface area contributed by atoms with Crippen LogP contribution in [0.4, 0.5) is 0 Å². The fraction of sp³-hybridized carbons (Fsp3) is 0.0714. The minimum absolute atomic E-state index is 0.665. The second kappa shape index (κ2) is 5.77. The first-order valence-corrected chi connectivity index (χ1v) is 6.14. The molecule has 0 amide bonds. The molecule has 0 aromatic heterocycles. The molecule has 0 radical (unpaired) electrons. The maximum Gasteiger partial charge on any atom is 0.390 e. The standard InChI is InChI=1S/C14H12BNOS/c16-10-12-6-4-11(5-7-12)8-13-2-1-3-14(9-13)15(17)18/h1-7,9,17-18H,8H2. The average molecular weight is 253 g/mol. The number of nitriles is 1. The molecule has 2 rings (SSSR count). The van der Waals surface area contributed by atoms with Gasteiger partial charge in [0.2, 0.25) is 0 Å². The normalized spacial score (nSPS) is 9.83. The molecule has 18 heavy (non-hydrogen) atoms. The molecule has 4 heteroatoms. The van der Waals surface area contributed by atoms with Crippen LogP contribution in [0.15, 0.2) is 48.5 Å². The molecule has 0 atom stereocenters. The van der Waals surface area contributed by atoms with Crippen LogP contribution in [0, 0.1) is 11.3 Å². The molecule has 2 aromatic rings. The van der Waals surface area contributed by atoms with Crippen molar-refractivity contribution in [1.82, 2.24) is 0 Å². The van der Waals surface area contributed by atoms with Gasteiger partial charge >= 0.3 is 6.19 Å². The Morgan fingerprint density at radius 2 is 1.83 bits per heavy atom. The molecule has 1 N–H and O–H groups in total. The third-order valence-electron chi connectivity index (χ3n) is 2.74. The lowest BCUT2D eigenvalue weighted by Gasteiger charge is -2.05. The van der Waals surface area contributed by atoms with E-state index in [1.54, 1.807) is 0 Å². The highest BCUT2D eigenvalue weighted by Crippen LogP contribution is 2.10. The van der Waals surface area contributed by atoms with Crippen molar-refractivity contribution < 1.29 is 5.02 Å². The van der Waals surface area contributed by atoms with Crippen LogP contribution in [-0.4, -0.2) is 11.2 Å². The van der Waals surface area contributed by atoms with E-state index in [4.69, 9.17) is 5.26 Å². The van der Waals surface area contributed by atoms with Gasteiger partial charge in [-0.25, -0.2) is 0 Å². The zero-order valence-corrected chi connectivity index (χ0v) is 10.6. The Balaban J connectivity index is 2.18. The lowest BCUT2D eigenvalue weighted by molar-refractivity contribution is 0.609. The van der Waals surface area contributed by atoms with E-state index >= 15 is 0 Å². The van der Waals surface area contributed by atoms with E-state index in [0.717, 1.165) is 23.0 Å². The summed E-state index contributed by atoms with van der Waals surface area (Å²) in [5.41, 5.74) is 3.72. The molecule has 0 fully saturated rings. The van der Waals surface area contributed by atoms with Gasteiger partial charge in [0.25, 0.3) is 0 Å². The van der Waals surface area contributed by atoms with Gasteiger partial charge in [0.1, 0.15) is 0 Å². The Bertz CT molecular complexity index is 575. The summed E-state index contributed by atoms with van der Waals surface area (Å²) in [6.45, 7) is 0. The highest BCUT2D eigenvalue weighted by Gasteiger charge is 2.08. The molecule has 0 heterocycles. The highest BCUT2D eigenvalue weighted by atomic mass is 32.1. The maximum absolute atomic E-state index is 9.41. The number of benzene rings is 2. The van der Waals surface area contributed by atoms with Crippen molar-refractivity contribution in [2.24, 2.45) is 0 Å². The summed E-state index contributed by atoms with van der Waals surface area (Å²) in [7, 11) is 0. The number of nitrogens with zero attached hydrogens (tertiary/aromatic N) is 1. The third-order valence-corrected chi connectivity index (χ3v) is 3.04. The van der Waals surface area contributed by atoms with Gasteiger partial charge in [-0.2, -0.15) is 17.7 Å². The first kappa shape index (κ1) is 12.8. The minimum Gasteiger partial charge on any atom is -0.438 e. The molecule has 0 spiro atoms. The van der Waals surface area contributed by atoms with E-state index < -0.39 is 6.19 Å². The van der Waals surface area contributed by atoms with Gasteiger partial charge in [0.15, 0.2) is 0 Å². The first-order valence-electron chi connectivity index (χ1n) is 5.63. The number of thiol groups is 1. The summed E-state index contributed by atoms with van der Waals surface area (Å²) in [6.07, 6.45) is 0.0333. The Hall–Kier alpha value is -1.70. The quantitative estimate of drug-likeness (QED) is 0.646. The summed E-state index contributed by atoms with van der Waals surface area (Å²) in [5.74, 6) is 0. The first-order chi connectivity index (χ1) is 8.69. The van der Waals surface area contributed by atoms with Crippen molar-refractivity contribution in [3.63, 3.8) is 0 Å². The van der Waals surface area contributed by atoms with Crippen LogP contribution in [-0.2, 0) is 6.42 Å². The maximum atomic E-state index is 9.41. The molecule has 88 valence electrons. The van der Waals surface area contributed by atoms with Crippen LogP contribution < -0.4 is 5.46 Å². The van der Waals surface area contributed by atoms with Crippen LogP contribution >= 0.6 is 12.5 Å². The summed E-state index contributed by atoms with van der Waals surface area (Å²) in [4.78, 5) is 0. The van der Waals surface area contributed by atoms with Gasteiger partial charge in [0, 0.05) is 0 Å². The molecule has 0 saturated heterocycles. The van der Waals surface area contributed by atoms with E-state index in [0.29, 0.717) is 5.56 Å². The Morgan fingerprint density at radius 1 is 1.11 bits per heavy atom. The zero-order valence-electron chi connectivity index (χ0n) is 9.74. The Kier molecular flexibility index (Phi) is 4.09. The molecule has 0 saturated carbocycles. The largest absolute Gasteiger partial charge is 0.438 e. The van der Waals surface area contributed by atoms with Crippen LogP contribution in [0.1, 0.15) is 16.7 Å². The molecular formula is C14H12BNOS. The van der Waals surface area contributed by atoms with Crippen LogP contribution in [0.3, 0.4) is 0 Å². The summed E-state index contributed by atoms with van der Waals surface area (Å²) in [5, 5.41) is 18.1. The predicted octanol–water partition coefficient (Wildman–Crippen LogP) is 1.77. The predicted molar refractivity (Wildman–Crippen MR) is 77.0 cm³/mol. The van der Waals surface area contributed by atoms with E-state index in [2.05, 4.69) is 18.5 Å². The summed E-state index contributed by atoms with van der Waals surface area (Å²) in [6, 6.07) is 17.3. The molecule has 0 unspecified atom stereocenters. The summed E-state index contributed by atoms with van der Waals surface area (Å²) < 4.78 is 0. The number of hydrogen-bond donors (Lipinski definition) is 2. The molecule has 0 aliphatic rings. The highest BCUT2D eigenvalue weighted by molar-refractivity contribution is 8.10. The van der Waals surface area contributed by atoms with Crippen molar-refractivity contribution in [3.05, 3.63) is 65.2 Å². The van der Waals surface area contributed by atoms with Crippen molar-refractivity contribution in [1.29, 1.82) is 5.26 Å². The topological polar surface area (TPSA) is 44.0 Å². The second-order valence-corrected chi connectivity index (χ2v) is 4.59. The SMILES string of the molecule is N#Cc1ccc(Cc2cccc(B(O)S)c2)cc1. The van der Waals surface area contributed by atoms with Gasteiger partial charge < -0.3 is 5.02 Å². The van der Waals surface area contributed by atoms with E-state index in [1.165, 1.54) is 0 Å². The molecular weight excluding hydrogens is 241 g/mol. The lowest BCUT2D eigenvalue weighted by Crippen LogP contribution is -2.24. The fourth-order valence-electron chi connectivity index (χ4n) is 1.80. The molecule has 2 aromatic carbocycles. The molecule has 0 aliphatic heterocycles. The smallest absolute Gasteiger partial charge is 0.390 e. The average Bonchev–Trinajstić information content (AvgIpc) is 2.40. The second-order valence-electron chi connectivity index (χ2n) is 4.10. The summed E-state index contributed by atoms with van der Waals surface area (Å²) >= 11 is 4.01. The molecule has 0 aliphatic carbocycles. The zero-order chi connectivity index (χ0) is 13.0. The van der Waals surface area contributed by atoms with Gasteiger partial charge in [-0.3, -0.25) is 0 Å². The van der Waals surface area contributed by atoms with Crippen LogP contribution in [0.2, 0.25) is 0 Å². The Labute approximate surface area is 112 Å². The van der Waals surface area contributed by atoms with Gasteiger partial charge in [-0.1, -0.05) is 36.4 Å². The van der Waals surface area contributed by atoms with Crippen LogP contribution in [0.25, 0.3) is 0 Å².